The van der Waals surface area contributed by atoms with E-state index in [1.807, 2.05) is 18.2 Å². The Labute approximate surface area is 169 Å². The highest BCUT2D eigenvalue weighted by Crippen LogP contribution is 2.31. The molecule has 0 atom stereocenters. The molecule has 6 heteroatoms. The molecule has 3 heterocycles. The van der Waals surface area contributed by atoms with E-state index in [0.717, 1.165) is 46.5 Å². The van der Waals surface area contributed by atoms with Crippen molar-refractivity contribution in [3.8, 4) is 11.1 Å². The normalized spacial score (nSPS) is 17.0. The van der Waals surface area contributed by atoms with Gasteiger partial charge in [-0.3, -0.25) is 14.5 Å². The molecule has 1 aromatic heterocycles. The van der Waals surface area contributed by atoms with Crippen LogP contribution in [0.15, 0.2) is 48.8 Å². The maximum Gasteiger partial charge on any atom is 0.229 e. The molecule has 2 aliphatic rings. The van der Waals surface area contributed by atoms with Crippen molar-refractivity contribution < 1.29 is 9.59 Å². The van der Waals surface area contributed by atoms with Crippen molar-refractivity contribution in [2.75, 3.05) is 18.0 Å². The highest BCUT2D eigenvalue weighted by atomic mass is 16.2. The summed E-state index contributed by atoms with van der Waals surface area (Å²) in [5, 5.41) is 1.06. The zero-order valence-electron chi connectivity index (χ0n) is 16.2. The molecular weight excluding hydrogens is 364 g/mol. The summed E-state index contributed by atoms with van der Waals surface area (Å²) in [5.74, 6) is 0.829. The summed E-state index contributed by atoms with van der Waals surface area (Å²) in [6.07, 6.45) is 4.67. The summed E-state index contributed by atoms with van der Waals surface area (Å²) in [6.45, 7) is 2.40. The van der Waals surface area contributed by atoms with E-state index in [9.17, 15) is 9.59 Å². The second-order valence-corrected chi connectivity index (χ2v) is 7.70. The Morgan fingerprint density at radius 3 is 2.41 bits per heavy atom. The minimum Gasteiger partial charge on any atom is -0.356 e. The molecule has 0 aliphatic carbocycles. The summed E-state index contributed by atoms with van der Waals surface area (Å²) in [4.78, 5) is 36.6. The molecular formula is C23H22N4O2. The SMILES string of the molecule is O=C1CCC(=O)N1Cc1cccc(-c2ccc3ncnc(N4CCCC4)c3c2)c1. The number of likely N-dealkylation sites (tertiary alicyclic amines) is 1. The largest absolute Gasteiger partial charge is 0.356 e. The first-order valence-corrected chi connectivity index (χ1v) is 10.1. The van der Waals surface area contributed by atoms with E-state index in [4.69, 9.17) is 0 Å². The third-order valence-electron chi connectivity index (χ3n) is 5.78. The molecule has 2 amide bonds. The average molecular weight is 386 g/mol. The lowest BCUT2D eigenvalue weighted by molar-refractivity contribution is -0.139. The molecule has 0 radical (unpaired) electrons. The number of amides is 2. The highest BCUT2D eigenvalue weighted by molar-refractivity contribution is 6.01. The number of aromatic nitrogens is 2. The standard InChI is InChI=1S/C23H22N4O2/c28-21-8-9-22(29)27(21)14-16-4-3-5-17(12-16)18-6-7-20-19(13-18)23(25-15-24-20)26-10-1-2-11-26/h3-7,12-13,15H,1-2,8-11,14H2. The van der Waals surface area contributed by atoms with Crippen molar-refractivity contribution in [2.45, 2.75) is 32.2 Å². The van der Waals surface area contributed by atoms with Crippen molar-refractivity contribution in [1.82, 2.24) is 14.9 Å². The van der Waals surface area contributed by atoms with Crippen molar-refractivity contribution in [1.29, 1.82) is 0 Å². The third kappa shape index (κ3) is 3.35. The fourth-order valence-corrected chi connectivity index (χ4v) is 4.23. The Kier molecular flexibility index (Phi) is 4.46. The summed E-state index contributed by atoms with van der Waals surface area (Å²) in [6, 6.07) is 14.3. The third-order valence-corrected chi connectivity index (χ3v) is 5.78. The molecule has 0 unspecified atom stereocenters. The number of nitrogens with zero attached hydrogens (tertiary/aromatic N) is 4. The first-order valence-electron chi connectivity index (χ1n) is 10.1. The maximum absolute atomic E-state index is 11.9. The number of benzene rings is 2. The van der Waals surface area contributed by atoms with Gasteiger partial charge in [-0.25, -0.2) is 9.97 Å². The van der Waals surface area contributed by atoms with Crippen molar-refractivity contribution >= 4 is 28.5 Å². The molecule has 29 heavy (non-hydrogen) atoms. The number of imide groups is 1. The molecule has 0 saturated carbocycles. The average Bonchev–Trinajstić information content (AvgIpc) is 3.39. The number of hydrogen-bond donors (Lipinski definition) is 0. The molecule has 0 spiro atoms. The Morgan fingerprint density at radius 1 is 0.862 bits per heavy atom. The smallest absolute Gasteiger partial charge is 0.229 e. The lowest BCUT2D eigenvalue weighted by Crippen LogP contribution is -2.28. The fourth-order valence-electron chi connectivity index (χ4n) is 4.23. The lowest BCUT2D eigenvalue weighted by Gasteiger charge is -2.18. The van der Waals surface area contributed by atoms with Crippen LogP contribution in [-0.2, 0) is 16.1 Å². The zero-order chi connectivity index (χ0) is 19.8. The van der Waals surface area contributed by atoms with Gasteiger partial charge in [0.25, 0.3) is 0 Å². The second-order valence-electron chi connectivity index (χ2n) is 7.70. The molecule has 146 valence electrons. The summed E-state index contributed by atoms with van der Waals surface area (Å²) < 4.78 is 0. The number of rotatable bonds is 4. The van der Waals surface area contributed by atoms with Gasteiger partial charge in [0.05, 0.1) is 12.1 Å². The van der Waals surface area contributed by atoms with Crippen LogP contribution in [0.2, 0.25) is 0 Å². The number of carbonyl (C=O) groups excluding carboxylic acids is 2. The number of carbonyl (C=O) groups is 2. The molecule has 5 rings (SSSR count). The highest BCUT2D eigenvalue weighted by Gasteiger charge is 2.28. The Hall–Kier alpha value is -3.28. The molecule has 3 aromatic rings. The van der Waals surface area contributed by atoms with Gasteiger partial charge in [-0.05, 0) is 47.7 Å². The number of fused-ring (bicyclic) bond motifs is 1. The van der Waals surface area contributed by atoms with Crippen LogP contribution in [-0.4, -0.2) is 39.8 Å². The minimum absolute atomic E-state index is 0.0847. The van der Waals surface area contributed by atoms with Crippen molar-refractivity contribution in [3.05, 3.63) is 54.4 Å². The second kappa shape index (κ2) is 7.28. The van der Waals surface area contributed by atoms with Gasteiger partial charge in [0.15, 0.2) is 0 Å². The van der Waals surface area contributed by atoms with Crippen LogP contribution in [0.3, 0.4) is 0 Å². The maximum atomic E-state index is 11.9. The van der Waals surface area contributed by atoms with Crippen LogP contribution in [0.1, 0.15) is 31.2 Å². The molecule has 2 saturated heterocycles. The quantitative estimate of drug-likeness (QED) is 0.642. The van der Waals surface area contributed by atoms with Gasteiger partial charge in [0.2, 0.25) is 11.8 Å². The minimum atomic E-state index is -0.0847. The van der Waals surface area contributed by atoms with E-state index in [-0.39, 0.29) is 11.8 Å². The Balaban J connectivity index is 1.50. The summed E-state index contributed by atoms with van der Waals surface area (Å²) in [7, 11) is 0. The predicted octanol–water partition coefficient (Wildman–Crippen LogP) is 3.55. The van der Waals surface area contributed by atoms with Gasteiger partial charge in [-0.15, -0.1) is 0 Å². The van der Waals surface area contributed by atoms with Gasteiger partial charge < -0.3 is 4.90 Å². The van der Waals surface area contributed by atoms with Crippen LogP contribution >= 0.6 is 0 Å². The monoisotopic (exact) mass is 386 g/mol. The molecule has 2 aromatic carbocycles. The van der Waals surface area contributed by atoms with Gasteiger partial charge in [0.1, 0.15) is 12.1 Å². The molecule has 6 nitrogen and oxygen atoms in total. The Morgan fingerprint density at radius 2 is 1.62 bits per heavy atom. The molecule has 2 aliphatic heterocycles. The fraction of sp³-hybridized carbons (Fsp3) is 0.304. The van der Waals surface area contributed by atoms with E-state index in [0.29, 0.717) is 19.4 Å². The Bertz CT molecular complexity index is 1090. The topological polar surface area (TPSA) is 66.4 Å². The molecule has 0 N–H and O–H groups in total. The zero-order valence-corrected chi connectivity index (χ0v) is 16.2. The molecule has 0 bridgehead atoms. The van der Waals surface area contributed by atoms with Gasteiger partial charge in [0, 0.05) is 31.3 Å². The van der Waals surface area contributed by atoms with Gasteiger partial charge >= 0.3 is 0 Å². The summed E-state index contributed by atoms with van der Waals surface area (Å²) >= 11 is 0. The van der Waals surface area contributed by atoms with Crippen LogP contribution in [0.4, 0.5) is 5.82 Å². The number of anilines is 1. The van der Waals surface area contributed by atoms with Crippen molar-refractivity contribution in [2.24, 2.45) is 0 Å². The van der Waals surface area contributed by atoms with Crippen LogP contribution in [0.25, 0.3) is 22.0 Å². The first kappa shape index (κ1) is 17.8. The van der Waals surface area contributed by atoms with E-state index in [1.54, 1.807) is 6.33 Å². The van der Waals surface area contributed by atoms with E-state index >= 15 is 0 Å². The van der Waals surface area contributed by atoms with Crippen LogP contribution in [0, 0.1) is 0 Å². The van der Waals surface area contributed by atoms with E-state index in [2.05, 4.69) is 39.1 Å². The van der Waals surface area contributed by atoms with Crippen LogP contribution < -0.4 is 4.90 Å². The first-order chi connectivity index (χ1) is 14.2. The number of hydrogen-bond acceptors (Lipinski definition) is 5. The lowest BCUT2D eigenvalue weighted by atomic mass is 10.0. The molecule has 2 fully saturated rings. The van der Waals surface area contributed by atoms with E-state index in [1.165, 1.54) is 17.7 Å². The van der Waals surface area contributed by atoms with E-state index < -0.39 is 0 Å². The van der Waals surface area contributed by atoms with Gasteiger partial charge in [-0.1, -0.05) is 24.3 Å². The van der Waals surface area contributed by atoms with Crippen molar-refractivity contribution in [3.63, 3.8) is 0 Å². The van der Waals surface area contributed by atoms with Gasteiger partial charge in [-0.2, -0.15) is 0 Å². The predicted molar refractivity (Wildman–Crippen MR) is 111 cm³/mol. The summed E-state index contributed by atoms with van der Waals surface area (Å²) in [5.41, 5.74) is 4.03. The van der Waals surface area contributed by atoms with Crippen LogP contribution in [0.5, 0.6) is 0 Å².